The van der Waals surface area contributed by atoms with E-state index in [4.69, 9.17) is 9.47 Å². The molecule has 0 N–H and O–H groups in total. The minimum absolute atomic E-state index is 0.0454. The van der Waals surface area contributed by atoms with Gasteiger partial charge in [0.05, 0.1) is 13.2 Å². The van der Waals surface area contributed by atoms with Crippen molar-refractivity contribution in [3.8, 4) is 5.75 Å². The van der Waals surface area contributed by atoms with E-state index in [1.807, 2.05) is 31.2 Å². The maximum Gasteiger partial charge on any atom is 0.410 e. The number of carbonyl (C=O) groups is 2. The van der Waals surface area contributed by atoms with Gasteiger partial charge in [-0.25, -0.2) is 4.79 Å². The van der Waals surface area contributed by atoms with E-state index in [9.17, 15) is 9.59 Å². The average Bonchev–Trinajstić information content (AvgIpc) is 2.57. The summed E-state index contributed by atoms with van der Waals surface area (Å²) in [6.07, 6.45) is 2.92. The molecule has 5 nitrogen and oxygen atoms in total. The van der Waals surface area contributed by atoms with Gasteiger partial charge in [0.1, 0.15) is 17.1 Å². The second-order valence-corrected chi connectivity index (χ2v) is 6.48. The third-order valence-electron chi connectivity index (χ3n) is 5.13. The molecule has 1 amide bonds. The Labute approximate surface area is 136 Å². The summed E-state index contributed by atoms with van der Waals surface area (Å²) in [6, 6.07) is 7.70. The normalized spacial score (nSPS) is 21.9. The fourth-order valence-corrected chi connectivity index (χ4v) is 3.46. The van der Waals surface area contributed by atoms with Crippen LogP contribution in [-0.2, 0) is 9.53 Å². The average molecular weight is 317 g/mol. The van der Waals surface area contributed by atoms with Crippen LogP contribution in [0, 0.1) is 0 Å². The summed E-state index contributed by atoms with van der Waals surface area (Å²) in [7, 11) is 1.63. The van der Waals surface area contributed by atoms with E-state index in [2.05, 4.69) is 0 Å². The molecule has 0 unspecified atom stereocenters. The second-order valence-electron chi connectivity index (χ2n) is 6.48. The van der Waals surface area contributed by atoms with Crippen LogP contribution in [-0.4, -0.2) is 36.0 Å². The molecule has 0 radical (unpaired) electrons. The number of ketones is 1. The molecule has 1 saturated carbocycles. The highest BCUT2D eigenvalue weighted by Crippen LogP contribution is 2.38. The number of ether oxygens (including phenoxy) is 2. The largest absolute Gasteiger partial charge is 0.497 e. The highest BCUT2D eigenvalue weighted by molar-refractivity contribution is 5.80. The van der Waals surface area contributed by atoms with Crippen molar-refractivity contribution in [2.24, 2.45) is 0 Å². The lowest BCUT2D eigenvalue weighted by atomic mass is 9.80. The van der Waals surface area contributed by atoms with E-state index in [-0.39, 0.29) is 17.9 Å². The van der Waals surface area contributed by atoms with E-state index < -0.39 is 5.60 Å². The van der Waals surface area contributed by atoms with Crippen LogP contribution in [0.5, 0.6) is 5.75 Å². The zero-order chi connectivity index (χ0) is 16.4. The van der Waals surface area contributed by atoms with Crippen molar-refractivity contribution in [2.75, 3.05) is 13.7 Å². The molecule has 1 atom stereocenters. The number of amides is 1. The summed E-state index contributed by atoms with van der Waals surface area (Å²) < 4.78 is 10.9. The van der Waals surface area contributed by atoms with Crippen molar-refractivity contribution in [3.63, 3.8) is 0 Å². The lowest BCUT2D eigenvalue weighted by Gasteiger charge is -2.44. The number of benzene rings is 1. The van der Waals surface area contributed by atoms with E-state index >= 15 is 0 Å². The molecule has 1 aliphatic heterocycles. The van der Waals surface area contributed by atoms with Crippen molar-refractivity contribution in [2.45, 2.75) is 50.7 Å². The first kappa shape index (κ1) is 15.8. The fraction of sp³-hybridized carbons (Fsp3) is 0.556. The number of hydrogen-bond donors (Lipinski definition) is 0. The molecule has 1 saturated heterocycles. The van der Waals surface area contributed by atoms with Crippen LogP contribution in [0.1, 0.15) is 50.6 Å². The number of rotatable bonds is 3. The molecule has 1 aromatic carbocycles. The zero-order valence-corrected chi connectivity index (χ0v) is 13.7. The highest BCUT2D eigenvalue weighted by Gasteiger charge is 2.44. The zero-order valence-electron chi connectivity index (χ0n) is 13.7. The van der Waals surface area contributed by atoms with Gasteiger partial charge in [-0.1, -0.05) is 12.1 Å². The summed E-state index contributed by atoms with van der Waals surface area (Å²) in [4.78, 5) is 25.7. The third kappa shape index (κ3) is 3.19. The maximum atomic E-state index is 12.5. The Morgan fingerprint density at radius 2 is 1.78 bits per heavy atom. The van der Waals surface area contributed by atoms with Crippen LogP contribution in [0.2, 0.25) is 0 Å². The Bertz CT molecular complexity index is 586. The molecule has 124 valence electrons. The molecule has 3 rings (SSSR count). The van der Waals surface area contributed by atoms with E-state index in [0.717, 1.165) is 17.7 Å². The molecule has 2 aliphatic rings. The predicted octanol–water partition coefficient (Wildman–Crippen LogP) is 3.48. The number of Topliss-reactive ketones (excluding diaryl/α,β-unsaturated/α-hetero) is 1. The Morgan fingerprint density at radius 1 is 1.13 bits per heavy atom. The van der Waals surface area contributed by atoms with Gasteiger partial charge in [-0.3, -0.25) is 4.79 Å². The molecule has 0 bridgehead atoms. The predicted molar refractivity (Wildman–Crippen MR) is 85.4 cm³/mol. The Balaban J connectivity index is 1.67. The topological polar surface area (TPSA) is 55.8 Å². The first-order chi connectivity index (χ1) is 11.0. The monoisotopic (exact) mass is 317 g/mol. The first-order valence-electron chi connectivity index (χ1n) is 8.18. The smallest absolute Gasteiger partial charge is 0.410 e. The Kier molecular flexibility index (Phi) is 4.28. The van der Waals surface area contributed by atoms with Gasteiger partial charge in [-0.05, 0) is 37.5 Å². The first-order valence-corrected chi connectivity index (χ1v) is 8.18. The molecular weight excluding hydrogens is 294 g/mol. The van der Waals surface area contributed by atoms with E-state index in [0.29, 0.717) is 32.2 Å². The van der Waals surface area contributed by atoms with Gasteiger partial charge in [0, 0.05) is 25.8 Å². The summed E-state index contributed by atoms with van der Waals surface area (Å²) in [5, 5.41) is 0. The molecule has 1 spiro atoms. The molecule has 23 heavy (non-hydrogen) atoms. The fourth-order valence-electron chi connectivity index (χ4n) is 3.46. The number of carbonyl (C=O) groups excluding carboxylic acids is 2. The standard InChI is InChI=1S/C18H23NO4/c1-13(14-3-5-16(22-2)6-4-14)19-12-11-18(23-17(19)21)9-7-15(20)8-10-18/h3-6,13H,7-12H2,1-2H3/t13-/m0/s1. The van der Waals surface area contributed by atoms with Crippen LogP contribution >= 0.6 is 0 Å². The summed E-state index contributed by atoms with van der Waals surface area (Å²) in [5.74, 6) is 1.08. The van der Waals surface area contributed by atoms with Crippen molar-refractivity contribution in [1.29, 1.82) is 0 Å². The van der Waals surface area contributed by atoms with E-state index in [1.54, 1.807) is 12.0 Å². The molecular formula is C18H23NO4. The van der Waals surface area contributed by atoms with Crippen molar-refractivity contribution in [3.05, 3.63) is 29.8 Å². The highest BCUT2D eigenvalue weighted by atomic mass is 16.6. The summed E-state index contributed by atoms with van der Waals surface area (Å²) in [6.45, 7) is 2.67. The molecule has 1 aromatic rings. The second kappa shape index (κ2) is 6.22. The van der Waals surface area contributed by atoms with Gasteiger partial charge in [0.15, 0.2) is 0 Å². The van der Waals surface area contributed by atoms with Crippen molar-refractivity contribution in [1.82, 2.24) is 4.90 Å². The van der Waals surface area contributed by atoms with E-state index in [1.165, 1.54) is 0 Å². The van der Waals surface area contributed by atoms with Crippen LogP contribution < -0.4 is 4.74 Å². The van der Waals surface area contributed by atoms with Crippen LogP contribution in [0.3, 0.4) is 0 Å². The number of nitrogens with zero attached hydrogens (tertiary/aromatic N) is 1. The van der Waals surface area contributed by atoms with Gasteiger partial charge < -0.3 is 14.4 Å². The number of methoxy groups -OCH3 is 1. The van der Waals surface area contributed by atoms with Gasteiger partial charge in [0.25, 0.3) is 0 Å². The molecule has 5 heteroatoms. The SMILES string of the molecule is COc1ccc([C@H](C)N2CCC3(CCC(=O)CC3)OC2=O)cc1. The lowest BCUT2D eigenvalue weighted by Crippen LogP contribution is -2.51. The van der Waals surface area contributed by atoms with Crippen molar-refractivity contribution >= 4 is 11.9 Å². The Morgan fingerprint density at radius 3 is 2.35 bits per heavy atom. The minimum Gasteiger partial charge on any atom is -0.497 e. The van der Waals surface area contributed by atoms with Crippen LogP contribution in [0.25, 0.3) is 0 Å². The number of hydrogen-bond acceptors (Lipinski definition) is 4. The molecule has 1 aliphatic carbocycles. The summed E-state index contributed by atoms with van der Waals surface area (Å²) in [5.41, 5.74) is 0.638. The summed E-state index contributed by atoms with van der Waals surface area (Å²) >= 11 is 0. The van der Waals surface area contributed by atoms with Crippen LogP contribution in [0.15, 0.2) is 24.3 Å². The maximum absolute atomic E-state index is 12.5. The van der Waals surface area contributed by atoms with Crippen LogP contribution in [0.4, 0.5) is 4.79 Å². The van der Waals surface area contributed by atoms with Gasteiger partial charge in [-0.2, -0.15) is 0 Å². The molecule has 2 fully saturated rings. The third-order valence-corrected chi connectivity index (χ3v) is 5.13. The molecule has 1 heterocycles. The lowest BCUT2D eigenvalue weighted by molar-refractivity contribution is -0.129. The minimum atomic E-state index is -0.416. The van der Waals surface area contributed by atoms with Gasteiger partial charge >= 0.3 is 6.09 Å². The van der Waals surface area contributed by atoms with Crippen molar-refractivity contribution < 1.29 is 19.1 Å². The van der Waals surface area contributed by atoms with Gasteiger partial charge in [0.2, 0.25) is 0 Å². The Hall–Kier alpha value is -2.04. The molecule has 0 aromatic heterocycles. The van der Waals surface area contributed by atoms with Gasteiger partial charge in [-0.15, -0.1) is 0 Å². The quantitative estimate of drug-likeness (QED) is 0.856.